The molecule has 90 valence electrons. The van der Waals surface area contributed by atoms with Crippen LogP contribution in [0, 0.1) is 5.41 Å². The first kappa shape index (κ1) is 13.5. The minimum Gasteiger partial charge on any atom is -0.316 e. The molecule has 0 radical (unpaired) electrons. The third-order valence-corrected chi connectivity index (χ3v) is 2.78. The molecule has 2 heteroatoms. The second-order valence-electron chi connectivity index (χ2n) is 5.43. The summed E-state index contributed by atoms with van der Waals surface area (Å²) in [5.41, 5.74) is 1.62. The molecule has 0 saturated heterocycles. The van der Waals surface area contributed by atoms with Gasteiger partial charge in [-0.3, -0.25) is 0 Å². The van der Waals surface area contributed by atoms with E-state index in [0.717, 1.165) is 31.0 Å². The SMILES string of the molecule is CC(C)(C)CNCCCc1ccccc1Cl. The molecule has 0 atom stereocenters. The minimum absolute atomic E-state index is 0.365. The maximum absolute atomic E-state index is 6.09. The molecular weight excluding hydrogens is 218 g/mol. The van der Waals surface area contributed by atoms with Crippen molar-refractivity contribution >= 4 is 11.6 Å². The zero-order chi connectivity index (χ0) is 12.0. The molecule has 16 heavy (non-hydrogen) atoms. The van der Waals surface area contributed by atoms with Crippen LogP contribution in [0.1, 0.15) is 32.8 Å². The van der Waals surface area contributed by atoms with E-state index in [2.05, 4.69) is 32.2 Å². The molecule has 1 aromatic carbocycles. The Morgan fingerprint density at radius 2 is 1.88 bits per heavy atom. The minimum atomic E-state index is 0.365. The quantitative estimate of drug-likeness (QED) is 0.769. The lowest BCUT2D eigenvalue weighted by Gasteiger charge is -2.18. The normalized spacial score (nSPS) is 11.8. The first-order valence-electron chi connectivity index (χ1n) is 5.93. The molecule has 1 rings (SSSR count). The largest absolute Gasteiger partial charge is 0.316 e. The summed E-state index contributed by atoms with van der Waals surface area (Å²) < 4.78 is 0. The Kier molecular flexibility index (Phi) is 5.30. The number of halogens is 1. The highest BCUT2D eigenvalue weighted by Crippen LogP contribution is 2.16. The van der Waals surface area contributed by atoms with E-state index < -0.39 is 0 Å². The van der Waals surface area contributed by atoms with Crippen LogP contribution in [0.5, 0.6) is 0 Å². The molecule has 0 spiro atoms. The van der Waals surface area contributed by atoms with E-state index in [9.17, 15) is 0 Å². The van der Waals surface area contributed by atoms with Gasteiger partial charge in [-0.15, -0.1) is 0 Å². The Balaban J connectivity index is 2.19. The number of nitrogens with one attached hydrogen (secondary N) is 1. The van der Waals surface area contributed by atoms with Gasteiger partial charge in [0, 0.05) is 5.02 Å². The summed E-state index contributed by atoms with van der Waals surface area (Å²) in [5, 5.41) is 4.36. The van der Waals surface area contributed by atoms with Crippen LogP contribution in [0.2, 0.25) is 5.02 Å². The fraction of sp³-hybridized carbons (Fsp3) is 0.571. The fourth-order valence-corrected chi connectivity index (χ4v) is 1.80. The number of hydrogen-bond donors (Lipinski definition) is 1. The van der Waals surface area contributed by atoms with Gasteiger partial charge in [0.05, 0.1) is 0 Å². The van der Waals surface area contributed by atoms with Gasteiger partial charge in [0.1, 0.15) is 0 Å². The highest BCUT2D eigenvalue weighted by atomic mass is 35.5. The Labute approximate surface area is 104 Å². The average Bonchev–Trinajstić information content (AvgIpc) is 2.18. The van der Waals surface area contributed by atoms with Gasteiger partial charge in [-0.2, -0.15) is 0 Å². The summed E-state index contributed by atoms with van der Waals surface area (Å²) in [6.07, 6.45) is 2.19. The first-order valence-corrected chi connectivity index (χ1v) is 6.31. The van der Waals surface area contributed by atoms with Gasteiger partial charge in [0.2, 0.25) is 0 Å². The monoisotopic (exact) mass is 239 g/mol. The lowest BCUT2D eigenvalue weighted by molar-refractivity contribution is 0.379. The van der Waals surface area contributed by atoms with Crippen molar-refractivity contribution in [3.05, 3.63) is 34.9 Å². The van der Waals surface area contributed by atoms with Crippen molar-refractivity contribution in [3.63, 3.8) is 0 Å². The summed E-state index contributed by atoms with van der Waals surface area (Å²) in [7, 11) is 0. The van der Waals surface area contributed by atoms with Gasteiger partial charge in [0.15, 0.2) is 0 Å². The number of aryl methyl sites for hydroxylation is 1. The molecule has 0 heterocycles. The zero-order valence-electron chi connectivity index (χ0n) is 10.5. The van der Waals surface area contributed by atoms with Gasteiger partial charge >= 0.3 is 0 Å². The van der Waals surface area contributed by atoms with E-state index in [4.69, 9.17) is 11.6 Å². The van der Waals surface area contributed by atoms with Crippen molar-refractivity contribution < 1.29 is 0 Å². The number of hydrogen-bond acceptors (Lipinski definition) is 1. The highest BCUT2D eigenvalue weighted by molar-refractivity contribution is 6.31. The van der Waals surface area contributed by atoms with Crippen molar-refractivity contribution in [1.82, 2.24) is 5.32 Å². The molecule has 0 saturated carbocycles. The van der Waals surface area contributed by atoms with Crippen LogP contribution < -0.4 is 5.32 Å². The van der Waals surface area contributed by atoms with Crippen molar-refractivity contribution in [2.24, 2.45) is 5.41 Å². The van der Waals surface area contributed by atoms with Gasteiger partial charge < -0.3 is 5.32 Å². The van der Waals surface area contributed by atoms with E-state index in [1.54, 1.807) is 0 Å². The highest BCUT2D eigenvalue weighted by Gasteiger charge is 2.08. The molecule has 0 aliphatic carbocycles. The summed E-state index contributed by atoms with van der Waals surface area (Å²) in [4.78, 5) is 0. The summed E-state index contributed by atoms with van der Waals surface area (Å²) in [6.45, 7) is 8.86. The summed E-state index contributed by atoms with van der Waals surface area (Å²) >= 11 is 6.09. The third-order valence-electron chi connectivity index (χ3n) is 2.41. The maximum Gasteiger partial charge on any atom is 0.0437 e. The fourth-order valence-electron chi connectivity index (χ4n) is 1.57. The van der Waals surface area contributed by atoms with Gasteiger partial charge in [-0.1, -0.05) is 50.6 Å². The third kappa shape index (κ3) is 5.53. The first-order chi connectivity index (χ1) is 7.49. The molecule has 0 amide bonds. The predicted molar refractivity (Wildman–Crippen MR) is 72.1 cm³/mol. The van der Waals surface area contributed by atoms with E-state index in [0.29, 0.717) is 5.41 Å². The van der Waals surface area contributed by atoms with Crippen molar-refractivity contribution in [2.45, 2.75) is 33.6 Å². The number of benzene rings is 1. The second kappa shape index (κ2) is 6.27. The molecule has 0 aliphatic rings. The zero-order valence-corrected chi connectivity index (χ0v) is 11.3. The number of rotatable bonds is 5. The van der Waals surface area contributed by atoms with Gasteiger partial charge in [-0.05, 0) is 43.0 Å². The molecular formula is C14H22ClN. The molecule has 0 aromatic heterocycles. The summed E-state index contributed by atoms with van der Waals surface area (Å²) in [5.74, 6) is 0. The van der Waals surface area contributed by atoms with E-state index in [1.807, 2.05) is 18.2 Å². The van der Waals surface area contributed by atoms with Gasteiger partial charge in [-0.25, -0.2) is 0 Å². The second-order valence-corrected chi connectivity index (χ2v) is 5.84. The summed E-state index contributed by atoms with van der Waals surface area (Å²) in [6, 6.07) is 8.08. The van der Waals surface area contributed by atoms with Crippen LogP contribution in [-0.4, -0.2) is 13.1 Å². The smallest absolute Gasteiger partial charge is 0.0437 e. The molecule has 0 unspecified atom stereocenters. The van der Waals surface area contributed by atoms with Crippen molar-refractivity contribution in [2.75, 3.05) is 13.1 Å². The van der Waals surface area contributed by atoms with Crippen LogP contribution in [0.3, 0.4) is 0 Å². The van der Waals surface area contributed by atoms with Crippen LogP contribution in [-0.2, 0) is 6.42 Å². The van der Waals surface area contributed by atoms with Crippen molar-refractivity contribution in [3.8, 4) is 0 Å². The molecule has 0 fully saturated rings. The Morgan fingerprint density at radius 1 is 1.19 bits per heavy atom. The topological polar surface area (TPSA) is 12.0 Å². The average molecular weight is 240 g/mol. The van der Waals surface area contributed by atoms with Crippen LogP contribution in [0.4, 0.5) is 0 Å². The van der Waals surface area contributed by atoms with Crippen molar-refractivity contribution in [1.29, 1.82) is 0 Å². The maximum atomic E-state index is 6.09. The Morgan fingerprint density at radius 3 is 2.50 bits per heavy atom. The lowest BCUT2D eigenvalue weighted by Crippen LogP contribution is -2.27. The Hall–Kier alpha value is -0.530. The Bertz CT molecular complexity index is 315. The van der Waals surface area contributed by atoms with Crippen LogP contribution in [0.15, 0.2) is 24.3 Å². The lowest BCUT2D eigenvalue weighted by atomic mass is 9.97. The van der Waals surface area contributed by atoms with Crippen LogP contribution >= 0.6 is 11.6 Å². The van der Waals surface area contributed by atoms with E-state index in [-0.39, 0.29) is 0 Å². The van der Waals surface area contributed by atoms with E-state index in [1.165, 1.54) is 5.56 Å². The van der Waals surface area contributed by atoms with E-state index >= 15 is 0 Å². The molecule has 0 bridgehead atoms. The molecule has 0 aliphatic heterocycles. The molecule has 1 nitrogen and oxygen atoms in total. The van der Waals surface area contributed by atoms with Crippen LogP contribution in [0.25, 0.3) is 0 Å². The van der Waals surface area contributed by atoms with Gasteiger partial charge in [0.25, 0.3) is 0 Å². The molecule has 1 N–H and O–H groups in total. The molecule has 1 aromatic rings. The predicted octanol–water partition coefficient (Wildman–Crippen LogP) is 3.91. The standard InChI is InChI=1S/C14H22ClN/c1-14(2,3)11-16-10-6-8-12-7-4-5-9-13(12)15/h4-5,7,9,16H,6,8,10-11H2,1-3H3.